The molecule has 150 valence electrons. The highest BCUT2D eigenvalue weighted by Crippen LogP contribution is 2.19. The van der Waals surface area contributed by atoms with Crippen LogP contribution in [0.5, 0.6) is 0 Å². The van der Waals surface area contributed by atoms with Gasteiger partial charge in [0, 0.05) is 36.9 Å². The zero-order valence-corrected chi connectivity index (χ0v) is 16.1. The van der Waals surface area contributed by atoms with Crippen molar-refractivity contribution in [1.82, 2.24) is 9.38 Å². The Morgan fingerprint density at radius 2 is 1.90 bits per heavy atom. The van der Waals surface area contributed by atoms with Gasteiger partial charge in [0.2, 0.25) is 0 Å². The Hall–Kier alpha value is -3.39. The van der Waals surface area contributed by atoms with Crippen molar-refractivity contribution in [1.29, 1.82) is 0 Å². The fraction of sp³-hybridized carbons (Fsp3) is 0.286. The first kappa shape index (κ1) is 18.9. The van der Waals surface area contributed by atoms with E-state index in [0.29, 0.717) is 24.5 Å². The lowest BCUT2D eigenvalue weighted by atomic mass is 10.2. The molecule has 0 bridgehead atoms. The first-order chi connectivity index (χ1) is 14.1. The van der Waals surface area contributed by atoms with Gasteiger partial charge < -0.3 is 24.1 Å². The first-order valence-electron chi connectivity index (χ1n) is 9.48. The second kappa shape index (κ2) is 8.32. The lowest BCUT2D eigenvalue weighted by molar-refractivity contribution is -0.123. The van der Waals surface area contributed by atoms with Crippen molar-refractivity contribution < 1.29 is 19.1 Å². The van der Waals surface area contributed by atoms with Gasteiger partial charge in [0.1, 0.15) is 5.65 Å². The van der Waals surface area contributed by atoms with E-state index in [4.69, 9.17) is 9.47 Å². The van der Waals surface area contributed by atoms with Crippen LogP contribution in [0.15, 0.2) is 54.9 Å². The largest absolute Gasteiger partial charge is 0.448 e. The smallest absolute Gasteiger partial charge is 0.359 e. The minimum absolute atomic E-state index is 0.158. The van der Waals surface area contributed by atoms with Gasteiger partial charge in [-0.15, -0.1) is 0 Å². The molecule has 1 aromatic carbocycles. The van der Waals surface area contributed by atoms with Gasteiger partial charge in [0.25, 0.3) is 5.91 Å². The van der Waals surface area contributed by atoms with Gasteiger partial charge in [-0.2, -0.15) is 0 Å². The number of hydrogen-bond donors (Lipinski definition) is 1. The van der Waals surface area contributed by atoms with Crippen molar-refractivity contribution in [3.05, 3.63) is 60.6 Å². The van der Waals surface area contributed by atoms with Crippen LogP contribution in [0.3, 0.4) is 0 Å². The van der Waals surface area contributed by atoms with E-state index >= 15 is 0 Å². The number of nitrogens with zero attached hydrogens (tertiary/aromatic N) is 3. The predicted octanol–water partition coefficient (Wildman–Crippen LogP) is 2.35. The van der Waals surface area contributed by atoms with E-state index in [2.05, 4.69) is 15.2 Å². The van der Waals surface area contributed by atoms with E-state index in [1.54, 1.807) is 22.9 Å². The van der Waals surface area contributed by atoms with Crippen LogP contribution in [0.2, 0.25) is 0 Å². The average molecular weight is 394 g/mol. The molecule has 1 N–H and O–H groups in total. The molecule has 29 heavy (non-hydrogen) atoms. The van der Waals surface area contributed by atoms with Crippen LogP contribution in [0, 0.1) is 0 Å². The molecule has 1 fully saturated rings. The van der Waals surface area contributed by atoms with Crippen LogP contribution < -0.4 is 10.2 Å². The fourth-order valence-corrected chi connectivity index (χ4v) is 3.13. The number of ether oxygens (including phenoxy) is 2. The summed E-state index contributed by atoms with van der Waals surface area (Å²) in [5.74, 6) is -1.04. The van der Waals surface area contributed by atoms with Crippen LogP contribution in [-0.4, -0.2) is 53.7 Å². The fourth-order valence-electron chi connectivity index (χ4n) is 3.13. The van der Waals surface area contributed by atoms with Crippen molar-refractivity contribution >= 4 is 28.9 Å². The number of rotatable bonds is 5. The maximum absolute atomic E-state index is 12.4. The maximum atomic E-state index is 12.4. The van der Waals surface area contributed by atoms with Gasteiger partial charge >= 0.3 is 5.97 Å². The van der Waals surface area contributed by atoms with Gasteiger partial charge in [-0.25, -0.2) is 9.78 Å². The summed E-state index contributed by atoms with van der Waals surface area (Å²) < 4.78 is 12.3. The number of carbonyl (C=O) groups excluding carboxylic acids is 2. The second-order valence-electron chi connectivity index (χ2n) is 6.78. The molecule has 1 saturated heterocycles. The van der Waals surface area contributed by atoms with Crippen LogP contribution >= 0.6 is 0 Å². The Bertz CT molecular complexity index is 976. The van der Waals surface area contributed by atoms with E-state index in [1.165, 1.54) is 6.92 Å². The quantitative estimate of drug-likeness (QED) is 0.669. The minimum atomic E-state index is -0.953. The summed E-state index contributed by atoms with van der Waals surface area (Å²) in [5.41, 5.74) is 2.52. The third kappa shape index (κ3) is 4.38. The number of anilines is 2. The summed E-state index contributed by atoms with van der Waals surface area (Å²) in [7, 11) is 0. The van der Waals surface area contributed by atoms with E-state index in [-0.39, 0.29) is 5.69 Å². The molecular weight excluding hydrogens is 372 g/mol. The molecule has 4 rings (SSSR count). The third-order valence-electron chi connectivity index (χ3n) is 4.74. The lowest BCUT2D eigenvalue weighted by Gasteiger charge is -2.28. The van der Waals surface area contributed by atoms with Crippen LogP contribution in [0.1, 0.15) is 17.4 Å². The number of fused-ring (bicyclic) bond motifs is 1. The highest BCUT2D eigenvalue weighted by atomic mass is 16.5. The Morgan fingerprint density at radius 3 is 2.62 bits per heavy atom. The van der Waals surface area contributed by atoms with Crippen molar-refractivity contribution in [2.45, 2.75) is 13.0 Å². The van der Waals surface area contributed by atoms with E-state index in [9.17, 15) is 9.59 Å². The summed E-state index contributed by atoms with van der Waals surface area (Å²) in [5, 5.41) is 2.77. The molecule has 1 atom stereocenters. The number of carbonyl (C=O) groups is 2. The molecule has 0 aliphatic carbocycles. The molecule has 0 saturated carbocycles. The predicted molar refractivity (Wildman–Crippen MR) is 108 cm³/mol. The zero-order chi connectivity index (χ0) is 20.2. The lowest BCUT2D eigenvalue weighted by Crippen LogP contribution is -2.36. The normalized spacial score (nSPS) is 15.1. The van der Waals surface area contributed by atoms with Gasteiger partial charge in [-0.3, -0.25) is 4.79 Å². The molecule has 2 aromatic heterocycles. The summed E-state index contributed by atoms with van der Waals surface area (Å²) in [6, 6.07) is 13.0. The molecule has 1 amide bonds. The van der Waals surface area contributed by atoms with Crippen LogP contribution in [0.25, 0.3) is 5.65 Å². The Balaban J connectivity index is 1.34. The number of amides is 1. The topological polar surface area (TPSA) is 85.2 Å². The van der Waals surface area contributed by atoms with E-state index < -0.39 is 18.0 Å². The van der Waals surface area contributed by atoms with Crippen molar-refractivity contribution in [2.24, 2.45) is 0 Å². The van der Waals surface area contributed by atoms with Crippen LogP contribution in [0.4, 0.5) is 11.4 Å². The van der Waals surface area contributed by atoms with E-state index in [1.807, 2.05) is 36.4 Å². The standard InChI is InChI=1S/C21H22N4O4/c1-15(29-21(27)18-14-25-9-3-2-4-19(25)23-18)20(26)22-16-5-7-17(8-6-16)24-10-12-28-13-11-24/h2-9,14-15H,10-13H2,1H3,(H,22,26)/t15-/m1/s1. The molecule has 8 nitrogen and oxygen atoms in total. The highest BCUT2D eigenvalue weighted by Gasteiger charge is 2.21. The number of hydrogen-bond acceptors (Lipinski definition) is 6. The van der Waals surface area contributed by atoms with E-state index in [0.717, 1.165) is 18.8 Å². The number of benzene rings is 1. The molecule has 0 spiro atoms. The van der Waals surface area contributed by atoms with Crippen molar-refractivity contribution in [2.75, 3.05) is 36.5 Å². The Morgan fingerprint density at radius 1 is 1.14 bits per heavy atom. The number of esters is 1. The van der Waals surface area contributed by atoms with Gasteiger partial charge in [-0.1, -0.05) is 6.07 Å². The van der Waals surface area contributed by atoms with Crippen LogP contribution in [-0.2, 0) is 14.3 Å². The molecular formula is C21H22N4O4. The zero-order valence-electron chi connectivity index (χ0n) is 16.1. The maximum Gasteiger partial charge on any atom is 0.359 e. The molecule has 0 radical (unpaired) electrons. The second-order valence-corrected chi connectivity index (χ2v) is 6.78. The molecule has 3 aromatic rings. The Labute approximate surface area is 168 Å². The molecule has 1 aliphatic heterocycles. The summed E-state index contributed by atoms with van der Waals surface area (Å²) >= 11 is 0. The highest BCUT2D eigenvalue weighted by molar-refractivity contribution is 5.97. The summed E-state index contributed by atoms with van der Waals surface area (Å²) in [6.45, 7) is 4.66. The number of morpholine rings is 1. The molecule has 0 unspecified atom stereocenters. The summed E-state index contributed by atoms with van der Waals surface area (Å²) in [4.78, 5) is 31.1. The van der Waals surface area contributed by atoms with Crippen molar-refractivity contribution in [3.63, 3.8) is 0 Å². The van der Waals surface area contributed by atoms with Gasteiger partial charge in [0.05, 0.1) is 13.2 Å². The summed E-state index contributed by atoms with van der Waals surface area (Å²) in [6.07, 6.45) is 2.41. The van der Waals surface area contributed by atoms with Gasteiger partial charge in [0.15, 0.2) is 11.8 Å². The monoisotopic (exact) mass is 394 g/mol. The molecule has 1 aliphatic rings. The van der Waals surface area contributed by atoms with Crippen molar-refractivity contribution in [3.8, 4) is 0 Å². The first-order valence-corrected chi connectivity index (χ1v) is 9.48. The minimum Gasteiger partial charge on any atom is -0.448 e. The number of pyridine rings is 1. The average Bonchev–Trinajstić information content (AvgIpc) is 3.19. The number of aromatic nitrogens is 2. The molecule has 3 heterocycles. The number of nitrogens with one attached hydrogen (secondary N) is 1. The number of imidazole rings is 1. The molecule has 8 heteroatoms. The Kier molecular flexibility index (Phi) is 5.44. The van der Waals surface area contributed by atoms with Gasteiger partial charge in [-0.05, 0) is 43.3 Å². The third-order valence-corrected chi connectivity index (χ3v) is 4.74. The SMILES string of the molecule is C[C@@H](OC(=O)c1cn2ccccc2n1)C(=O)Nc1ccc(N2CCOCC2)cc1.